The van der Waals surface area contributed by atoms with Crippen molar-refractivity contribution in [2.24, 2.45) is 0 Å². The van der Waals surface area contributed by atoms with Crippen molar-refractivity contribution in [3.05, 3.63) is 263 Å². The summed E-state index contributed by atoms with van der Waals surface area (Å²) in [7, 11) is 0. The zero-order chi connectivity index (χ0) is 43.8. The first-order chi connectivity index (χ1) is 31.3. The van der Waals surface area contributed by atoms with Crippen LogP contribution in [0.1, 0.15) is 44.5 Å². The fourth-order valence-corrected chi connectivity index (χ4v) is 8.41. The Morgan fingerprint density at radius 1 is 0.266 bits per heavy atom. The van der Waals surface area contributed by atoms with E-state index in [-0.39, 0.29) is 0 Å². The van der Waals surface area contributed by atoms with Gasteiger partial charge in [-0.15, -0.1) is 0 Å². The Kier molecular flexibility index (Phi) is 12.3. The molecule has 9 rings (SSSR count). The lowest BCUT2D eigenvalue weighted by molar-refractivity contribution is 1.24. The van der Waals surface area contributed by atoms with E-state index in [1.165, 1.54) is 67.0 Å². The number of nitrogens with zero attached hydrogens (tertiary/aromatic N) is 2. The summed E-state index contributed by atoms with van der Waals surface area (Å²) in [5.74, 6) is 0. The van der Waals surface area contributed by atoms with Gasteiger partial charge < -0.3 is 9.80 Å². The average molecular weight is 825 g/mol. The minimum absolute atomic E-state index is 1.12. The lowest BCUT2D eigenvalue weighted by atomic mass is 9.99. The molecular weight excluding hydrogens is 773 g/mol. The van der Waals surface area contributed by atoms with Crippen LogP contribution in [0, 0.1) is 27.7 Å². The van der Waals surface area contributed by atoms with Crippen LogP contribution >= 0.6 is 0 Å². The number of hydrogen-bond donors (Lipinski definition) is 0. The van der Waals surface area contributed by atoms with E-state index in [0.29, 0.717) is 0 Å². The van der Waals surface area contributed by atoms with E-state index in [2.05, 4.69) is 268 Å². The van der Waals surface area contributed by atoms with Gasteiger partial charge in [0.25, 0.3) is 0 Å². The molecular formula is C62H52N2. The molecule has 310 valence electrons. The lowest BCUT2D eigenvalue weighted by Crippen LogP contribution is -2.11. The average Bonchev–Trinajstić information content (AvgIpc) is 3.34. The minimum atomic E-state index is 1.12. The summed E-state index contributed by atoms with van der Waals surface area (Å²) >= 11 is 0. The van der Waals surface area contributed by atoms with E-state index >= 15 is 0 Å². The molecule has 9 aromatic carbocycles. The predicted molar refractivity (Wildman–Crippen MR) is 276 cm³/mol. The first-order valence-corrected chi connectivity index (χ1v) is 22.1. The van der Waals surface area contributed by atoms with Crippen LogP contribution in [0.25, 0.3) is 46.6 Å². The van der Waals surface area contributed by atoms with Crippen LogP contribution < -0.4 is 9.80 Å². The largest absolute Gasteiger partial charge is 0.310 e. The molecule has 0 heterocycles. The van der Waals surface area contributed by atoms with E-state index in [0.717, 1.165) is 33.9 Å². The van der Waals surface area contributed by atoms with Gasteiger partial charge in [0, 0.05) is 34.1 Å². The predicted octanol–water partition coefficient (Wildman–Crippen LogP) is 17.5. The van der Waals surface area contributed by atoms with Gasteiger partial charge in [0.15, 0.2) is 0 Å². The Bertz CT molecular complexity index is 2810. The van der Waals surface area contributed by atoms with E-state index < -0.39 is 0 Å². The van der Waals surface area contributed by atoms with Crippen molar-refractivity contribution in [3.63, 3.8) is 0 Å². The summed E-state index contributed by atoms with van der Waals surface area (Å²) in [5.41, 5.74) is 21.2. The zero-order valence-corrected chi connectivity index (χ0v) is 37.0. The van der Waals surface area contributed by atoms with Crippen LogP contribution in [0.5, 0.6) is 0 Å². The molecule has 0 fully saturated rings. The molecule has 2 heteroatoms. The number of benzene rings is 9. The second kappa shape index (κ2) is 19.0. The fourth-order valence-electron chi connectivity index (χ4n) is 8.41. The molecule has 0 amide bonds. The molecule has 0 saturated carbocycles. The van der Waals surface area contributed by atoms with Gasteiger partial charge in [0.2, 0.25) is 0 Å². The van der Waals surface area contributed by atoms with E-state index in [4.69, 9.17) is 0 Å². The Balaban J connectivity index is 0.945. The molecule has 64 heavy (non-hydrogen) atoms. The van der Waals surface area contributed by atoms with E-state index in [1.807, 2.05) is 12.1 Å². The van der Waals surface area contributed by atoms with Crippen molar-refractivity contribution in [2.75, 3.05) is 9.80 Å². The number of anilines is 6. The highest BCUT2D eigenvalue weighted by molar-refractivity contribution is 5.83. The standard InChI is InChI=1S/C62H52N2/c1-45-15-41-61(47(3)43-45)63(57-33-21-51(22-34-57)19-17-49-11-7-5-8-12-49)59-37-29-55(30-38-59)53-25-27-54(28-26-53)56-31-39-60(40-32-56)64(62-42-16-46(2)44-48(62)4)58-35-23-52(24-36-58)20-18-50-13-9-6-10-14-50/h5-44H,1-4H3. The summed E-state index contributed by atoms with van der Waals surface area (Å²) in [6, 6.07) is 78.7. The monoisotopic (exact) mass is 824 g/mol. The molecule has 2 nitrogen and oxygen atoms in total. The molecule has 0 aliphatic carbocycles. The van der Waals surface area contributed by atoms with Crippen LogP contribution in [0.2, 0.25) is 0 Å². The first kappa shape index (κ1) is 41.4. The van der Waals surface area contributed by atoms with Crippen molar-refractivity contribution >= 4 is 58.4 Å². The molecule has 0 saturated heterocycles. The maximum Gasteiger partial charge on any atom is 0.0490 e. The molecule has 0 unspecified atom stereocenters. The van der Waals surface area contributed by atoms with Crippen molar-refractivity contribution in [3.8, 4) is 22.3 Å². The second-order valence-electron chi connectivity index (χ2n) is 16.6. The summed E-state index contributed by atoms with van der Waals surface area (Å²) in [6.07, 6.45) is 8.66. The van der Waals surface area contributed by atoms with Gasteiger partial charge in [-0.25, -0.2) is 0 Å². The summed E-state index contributed by atoms with van der Waals surface area (Å²) in [5, 5.41) is 0. The van der Waals surface area contributed by atoms with Gasteiger partial charge in [-0.05, 0) is 144 Å². The van der Waals surface area contributed by atoms with Crippen LogP contribution in [-0.4, -0.2) is 0 Å². The third-order valence-electron chi connectivity index (χ3n) is 11.8. The molecule has 0 atom stereocenters. The Labute approximate surface area is 379 Å². The van der Waals surface area contributed by atoms with Crippen molar-refractivity contribution in [2.45, 2.75) is 27.7 Å². The SMILES string of the molecule is Cc1ccc(N(c2ccc(C=Cc3ccccc3)cc2)c2ccc(-c3ccc(-c4ccc(N(c5ccc(C=Cc6ccccc6)cc5)c5ccc(C)cc5C)cc4)cc3)cc2)c(C)c1. The van der Waals surface area contributed by atoms with Crippen LogP contribution in [0.15, 0.2) is 218 Å². The molecule has 0 aliphatic rings. The Morgan fingerprint density at radius 3 is 0.828 bits per heavy atom. The van der Waals surface area contributed by atoms with Crippen LogP contribution in [0.4, 0.5) is 34.1 Å². The van der Waals surface area contributed by atoms with Crippen molar-refractivity contribution in [1.82, 2.24) is 0 Å². The van der Waals surface area contributed by atoms with Gasteiger partial charge in [-0.3, -0.25) is 0 Å². The summed E-state index contributed by atoms with van der Waals surface area (Å²) in [6.45, 7) is 8.69. The first-order valence-electron chi connectivity index (χ1n) is 22.1. The van der Waals surface area contributed by atoms with E-state index in [9.17, 15) is 0 Å². The molecule has 0 radical (unpaired) electrons. The maximum atomic E-state index is 2.36. The van der Waals surface area contributed by atoms with Crippen LogP contribution in [0.3, 0.4) is 0 Å². The zero-order valence-electron chi connectivity index (χ0n) is 37.0. The molecule has 0 aromatic heterocycles. The maximum absolute atomic E-state index is 2.36. The Hall–Kier alpha value is -7.94. The molecule has 0 spiro atoms. The van der Waals surface area contributed by atoms with E-state index in [1.54, 1.807) is 0 Å². The fraction of sp³-hybridized carbons (Fsp3) is 0.0645. The molecule has 0 bridgehead atoms. The molecule has 0 N–H and O–H groups in total. The highest BCUT2D eigenvalue weighted by Crippen LogP contribution is 2.40. The van der Waals surface area contributed by atoms with Gasteiger partial charge in [0.1, 0.15) is 0 Å². The third-order valence-corrected chi connectivity index (χ3v) is 11.8. The number of hydrogen-bond acceptors (Lipinski definition) is 2. The highest BCUT2D eigenvalue weighted by atomic mass is 15.1. The summed E-state index contributed by atoms with van der Waals surface area (Å²) < 4.78 is 0. The second-order valence-corrected chi connectivity index (χ2v) is 16.6. The van der Waals surface area contributed by atoms with Crippen LogP contribution in [-0.2, 0) is 0 Å². The van der Waals surface area contributed by atoms with Crippen molar-refractivity contribution < 1.29 is 0 Å². The molecule has 0 aliphatic heterocycles. The smallest absolute Gasteiger partial charge is 0.0490 e. The van der Waals surface area contributed by atoms with Gasteiger partial charge >= 0.3 is 0 Å². The quantitative estimate of drug-likeness (QED) is 0.113. The minimum Gasteiger partial charge on any atom is -0.310 e. The highest BCUT2D eigenvalue weighted by Gasteiger charge is 2.17. The normalized spacial score (nSPS) is 11.3. The van der Waals surface area contributed by atoms with Crippen molar-refractivity contribution in [1.29, 1.82) is 0 Å². The topological polar surface area (TPSA) is 6.48 Å². The van der Waals surface area contributed by atoms with Gasteiger partial charge in [0.05, 0.1) is 0 Å². The number of rotatable bonds is 12. The molecule has 9 aromatic rings. The summed E-state index contributed by atoms with van der Waals surface area (Å²) in [4.78, 5) is 4.72. The lowest BCUT2D eigenvalue weighted by Gasteiger charge is -2.27. The Morgan fingerprint density at radius 2 is 0.531 bits per heavy atom. The third kappa shape index (κ3) is 9.58. The number of aryl methyl sites for hydroxylation is 4. The van der Waals surface area contributed by atoms with Gasteiger partial charge in [-0.1, -0.05) is 193 Å². The van der Waals surface area contributed by atoms with Gasteiger partial charge in [-0.2, -0.15) is 0 Å².